The maximum absolute atomic E-state index is 12.7. The minimum absolute atomic E-state index is 0.0869. The van der Waals surface area contributed by atoms with E-state index in [9.17, 15) is 4.79 Å². The zero-order chi connectivity index (χ0) is 17.9. The Morgan fingerprint density at radius 1 is 1.15 bits per heavy atom. The zero-order valence-corrected chi connectivity index (χ0v) is 15.0. The monoisotopic (exact) mass is 349 g/mol. The van der Waals surface area contributed by atoms with Gasteiger partial charge in [0.05, 0.1) is 17.4 Å². The van der Waals surface area contributed by atoms with Gasteiger partial charge in [0, 0.05) is 6.04 Å². The standard InChI is InChI=1S/C21H23N3O2/c1-15-10-11-20(23-22-15)17-12-18-8-5-9-19(13-17)24(18)21(25)26-14-16-6-3-2-4-7-16/h2-4,6-7,10-12,18-19H,5,8-9,13-14H2,1H3. The fourth-order valence-corrected chi connectivity index (χ4v) is 3.87. The lowest BCUT2D eigenvalue weighted by Gasteiger charge is -2.44. The molecule has 2 bridgehead atoms. The van der Waals surface area contributed by atoms with Crippen LogP contribution in [-0.2, 0) is 11.3 Å². The Kier molecular flexibility index (Phi) is 4.69. The number of nitrogens with zero attached hydrogens (tertiary/aromatic N) is 3. The van der Waals surface area contributed by atoms with E-state index in [2.05, 4.69) is 16.3 Å². The molecular weight excluding hydrogens is 326 g/mol. The number of aromatic nitrogens is 2. The predicted octanol–water partition coefficient (Wildman–Crippen LogP) is 4.13. The summed E-state index contributed by atoms with van der Waals surface area (Å²) in [5.74, 6) is 0. The normalized spacial score (nSPS) is 21.9. The molecule has 0 radical (unpaired) electrons. The summed E-state index contributed by atoms with van der Waals surface area (Å²) in [5, 5.41) is 8.49. The quantitative estimate of drug-likeness (QED) is 0.836. The molecule has 1 fully saturated rings. The molecule has 1 aromatic carbocycles. The lowest BCUT2D eigenvalue weighted by Crippen LogP contribution is -2.51. The summed E-state index contributed by atoms with van der Waals surface area (Å²) in [4.78, 5) is 14.6. The second-order valence-corrected chi connectivity index (χ2v) is 7.06. The molecule has 1 saturated heterocycles. The van der Waals surface area contributed by atoms with Gasteiger partial charge < -0.3 is 4.74 Å². The topological polar surface area (TPSA) is 55.3 Å². The number of amides is 1. The summed E-state index contributed by atoms with van der Waals surface area (Å²) in [5.41, 5.74) is 4.04. The predicted molar refractivity (Wildman–Crippen MR) is 99.3 cm³/mol. The molecule has 2 unspecified atom stereocenters. The van der Waals surface area contributed by atoms with Crippen molar-refractivity contribution in [3.8, 4) is 0 Å². The van der Waals surface area contributed by atoms with Crippen LogP contribution in [0.5, 0.6) is 0 Å². The Hall–Kier alpha value is -2.69. The number of hydrogen-bond acceptors (Lipinski definition) is 4. The van der Waals surface area contributed by atoms with E-state index in [0.717, 1.165) is 42.6 Å². The molecule has 0 N–H and O–H groups in total. The third kappa shape index (κ3) is 3.47. The van der Waals surface area contributed by atoms with Crippen LogP contribution in [0.25, 0.3) is 5.57 Å². The van der Waals surface area contributed by atoms with E-state index in [0.29, 0.717) is 6.61 Å². The van der Waals surface area contributed by atoms with Crippen molar-refractivity contribution in [3.05, 3.63) is 65.5 Å². The highest BCUT2D eigenvalue weighted by molar-refractivity contribution is 5.73. The van der Waals surface area contributed by atoms with Gasteiger partial charge in [-0.05, 0) is 55.9 Å². The molecule has 2 aromatic rings. The summed E-state index contributed by atoms with van der Waals surface area (Å²) in [7, 11) is 0. The van der Waals surface area contributed by atoms with Crippen LogP contribution in [0.3, 0.4) is 0 Å². The molecule has 5 heteroatoms. The number of hydrogen-bond donors (Lipinski definition) is 0. The van der Waals surface area contributed by atoms with Crippen LogP contribution < -0.4 is 0 Å². The number of ether oxygens (including phenoxy) is 1. The van der Waals surface area contributed by atoms with E-state index in [4.69, 9.17) is 4.74 Å². The van der Waals surface area contributed by atoms with Gasteiger partial charge in [-0.15, -0.1) is 0 Å². The minimum Gasteiger partial charge on any atom is -0.445 e. The molecule has 0 spiro atoms. The van der Waals surface area contributed by atoms with E-state index in [1.165, 1.54) is 5.57 Å². The molecule has 5 nitrogen and oxygen atoms in total. The Labute approximate surface area is 153 Å². The third-order valence-electron chi connectivity index (χ3n) is 5.18. The number of benzene rings is 1. The largest absolute Gasteiger partial charge is 0.445 e. The summed E-state index contributed by atoms with van der Waals surface area (Å²) in [6.07, 6.45) is 5.90. The molecule has 2 aliphatic heterocycles. The zero-order valence-electron chi connectivity index (χ0n) is 15.0. The molecule has 2 aliphatic rings. The number of fused-ring (bicyclic) bond motifs is 2. The fraction of sp³-hybridized carbons (Fsp3) is 0.381. The summed E-state index contributed by atoms with van der Waals surface area (Å²) in [6, 6.07) is 14.1. The van der Waals surface area contributed by atoms with Crippen LogP contribution in [-0.4, -0.2) is 33.3 Å². The minimum atomic E-state index is -0.214. The van der Waals surface area contributed by atoms with E-state index in [-0.39, 0.29) is 18.2 Å². The van der Waals surface area contributed by atoms with E-state index in [1.807, 2.05) is 54.3 Å². The molecule has 0 saturated carbocycles. The van der Waals surface area contributed by atoms with Crippen molar-refractivity contribution in [1.82, 2.24) is 15.1 Å². The molecular formula is C21H23N3O2. The van der Waals surface area contributed by atoms with Crippen LogP contribution in [0, 0.1) is 6.92 Å². The van der Waals surface area contributed by atoms with Gasteiger partial charge in [-0.1, -0.05) is 36.4 Å². The second-order valence-electron chi connectivity index (χ2n) is 7.06. The highest BCUT2D eigenvalue weighted by Crippen LogP contribution is 2.36. The van der Waals surface area contributed by atoms with Crippen molar-refractivity contribution in [1.29, 1.82) is 0 Å². The van der Waals surface area contributed by atoms with Gasteiger partial charge in [0.2, 0.25) is 0 Å². The summed E-state index contributed by atoms with van der Waals surface area (Å²) >= 11 is 0. The van der Waals surface area contributed by atoms with Crippen LogP contribution >= 0.6 is 0 Å². The van der Waals surface area contributed by atoms with Gasteiger partial charge in [-0.2, -0.15) is 10.2 Å². The number of piperidine rings is 1. The first-order valence-corrected chi connectivity index (χ1v) is 9.21. The molecule has 3 heterocycles. The highest BCUT2D eigenvalue weighted by Gasteiger charge is 2.38. The summed E-state index contributed by atoms with van der Waals surface area (Å²) in [6.45, 7) is 2.25. The Balaban J connectivity index is 1.49. The SMILES string of the molecule is Cc1ccc(C2=CC3CCCC(C2)N3C(=O)OCc2ccccc2)nn1. The van der Waals surface area contributed by atoms with Crippen LogP contribution in [0.15, 0.2) is 48.5 Å². The maximum atomic E-state index is 12.7. The van der Waals surface area contributed by atoms with Gasteiger partial charge in [0.25, 0.3) is 0 Å². The average molecular weight is 349 g/mol. The lowest BCUT2D eigenvalue weighted by molar-refractivity contribution is 0.0510. The van der Waals surface area contributed by atoms with Crippen molar-refractivity contribution in [2.45, 2.75) is 51.3 Å². The number of aryl methyl sites for hydroxylation is 1. The number of carbonyl (C=O) groups excluding carboxylic acids is 1. The van der Waals surface area contributed by atoms with Crippen molar-refractivity contribution in [2.24, 2.45) is 0 Å². The first-order valence-electron chi connectivity index (χ1n) is 9.21. The molecule has 1 aromatic heterocycles. The maximum Gasteiger partial charge on any atom is 0.410 e. The highest BCUT2D eigenvalue weighted by atomic mass is 16.6. The van der Waals surface area contributed by atoms with Crippen LogP contribution in [0.2, 0.25) is 0 Å². The molecule has 4 rings (SSSR count). The first kappa shape index (κ1) is 16.8. The van der Waals surface area contributed by atoms with Crippen LogP contribution in [0.1, 0.15) is 42.6 Å². The molecule has 1 amide bonds. The first-order chi connectivity index (χ1) is 12.7. The van der Waals surface area contributed by atoms with Crippen molar-refractivity contribution < 1.29 is 9.53 Å². The molecule has 2 atom stereocenters. The van der Waals surface area contributed by atoms with Gasteiger partial charge >= 0.3 is 6.09 Å². The van der Waals surface area contributed by atoms with E-state index >= 15 is 0 Å². The van der Waals surface area contributed by atoms with Crippen LogP contribution in [0.4, 0.5) is 4.79 Å². The van der Waals surface area contributed by atoms with Gasteiger partial charge in [0.15, 0.2) is 0 Å². The number of carbonyl (C=O) groups is 1. The summed E-state index contributed by atoms with van der Waals surface area (Å²) < 4.78 is 5.59. The lowest BCUT2D eigenvalue weighted by atomic mass is 9.84. The Bertz CT molecular complexity index is 802. The Morgan fingerprint density at radius 3 is 2.73 bits per heavy atom. The second kappa shape index (κ2) is 7.28. The molecule has 134 valence electrons. The van der Waals surface area contributed by atoms with Crippen molar-refractivity contribution >= 4 is 11.7 Å². The van der Waals surface area contributed by atoms with Gasteiger partial charge in [-0.25, -0.2) is 4.79 Å². The molecule has 26 heavy (non-hydrogen) atoms. The number of rotatable bonds is 3. The third-order valence-corrected chi connectivity index (χ3v) is 5.18. The average Bonchev–Trinajstić information content (AvgIpc) is 2.66. The van der Waals surface area contributed by atoms with E-state index in [1.54, 1.807) is 0 Å². The molecule has 0 aliphatic carbocycles. The van der Waals surface area contributed by atoms with Crippen molar-refractivity contribution in [2.75, 3.05) is 0 Å². The van der Waals surface area contributed by atoms with Gasteiger partial charge in [-0.3, -0.25) is 4.90 Å². The fourth-order valence-electron chi connectivity index (χ4n) is 3.87. The van der Waals surface area contributed by atoms with E-state index < -0.39 is 0 Å². The van der Waals surface area contributed by atoms with Gasteiger partial charge in [0.1, 0.15) is 6.61 Å². The Morgan fingerprint density at radius 2 is 2.00 bits per heavy atom. The smallest absolute Gasteiger partial charge is 0.410 e. The van der Waals surface area contributed by atoms with Crippen molar-refractivity contribution in [3.63, 3.8) is 0 Å².